The van der Waals surface area contributed by atoms with Gasteiger partial charge < -0.3 is 24.7 Å². The molecular weight excluding hydrogens is 558 g/mol. The van der Waals surface area contributed by atoms with Crippen molar-refractivity contribution >= 4 is 29.4 Å². The molecule has 11 nitrogen and oxygen atoms in total. The van der Waals surface area contributed by atoms with Crippen molar-refractivity contribution in [3.8, 4) is 0 Å². The van der Waals surface area contributed by atoms with Crippen LogP contribution in [0.5, 0.6) is 0 Å². The Morgan fingerprint density at radius 2 is 1.57 bits per heavy atom. The van der Waals surface area contributed by atoms with Crippen molar-refractivity contribution in [1.82, 2.24) is 14.8 Å². The molecule has 4 fully saturated rings. The number of likely N-dealkylation sites (tertiary alicyclic amines) is 1. The highest BCUT2D eigenvalue weighted by atomic mass is 19.4. The number of piperazine rings is 1. The van der Waals surface area contributed by atoms with Crippen LogP contribution in [0, 0.1) is 17.8 Å². The number of alkyl halides is 6. The van der Waals surface area contributed by atoms with Gasteiger partial charge in [-0.1, -0.05) is 0 Å². The lowest BCUT2D eigenvalue weighted by atomic mass is 9.92. The summed E-state index contributed by atoms with van der Waals surface area (Å²) in [5.41, 5.74) is 0.670. The number of carboxylic acid groups (broad SMARTS) is 2. The molecule has 3 aliphatic heterocycles. The summed E-state index contributed by atoms with van der Waals surface area (Å²) >= 11 is 0. The van der Waals surface area contributed by atoms with Crippen LogP contribution in [0.1, 0.15) is 6.42 Å². The third kappa shape index (κ3) is 6.99. The maximum Gasteiger partial charge on any atom is 0.490 e. The summed E-state index contributed by atoms with van der Waals surface area (Å²) in [7, 11) is 2.01. The second-order valence-electron chi connectivity index (χ2n) is 9.78. The van der Waals surface area contributed by atoms with Crippen molar-refractivity contribution < 1.29 is 60.5 Å². The lowest BCUT2D eigenvalue weighted by Gasteiger charge is -2.46. The topological polar surface area (TPSA) is 141 Å². The minimum atomic E-state index is -5.08. The Morgan fingerprint density at radius 1 is 1.02 bits per heavy atom. The first-order chi connectivity index (χ1) is 18.5. The van der Waals surface area contributed by atoms with Crippen LogP contribution in [0.15, 0.2) is 24.5 Å². The van der Waals surface area contributed by atoms with E-state index < -0.39 is 24.3 Å². The summed E-state index contributed by atoms with van der Waals surface area (Å²) in [6.07, 6.45) is -5.82. The first-order valence-corrected chi connectivity index (χ1v) is 11.9. The van der Waals surface area contributed by atoms with Crippen LogP contribution < -0.4 is 4.90 Å². The molecule has 0 radical (unpaired) electrons. The number of nitrogens with zero attached hydrogens (tertiary/aromatic N) is 4. The van der Waals surface area contributed by atoms with Gasteiger partial charge in [0, 0.05) is 31.7 Å². The Labute approximate surface area is 223 Å². The number of halogens is 6. The Balaban J connectivity index is 0.000000263. The number of amides is 2. The summed E-state index contributed by atoms with van der Waals surface area (Å²) in [5, 5.41) is 14.2. The van der Waals surface area contributed by atoms with Gasteiger partial charge in [-0.2, -0.15) is 26.3 Å². The second kappa shape index (κ2) is 11.6. The Bertz CT molecular complexity index is 1090. The molecule has 40 heavy (non-hydrogen) atoms. The van der Waals surface area contributed by atoms with Gasteiger partial charge in [0.1, 0.15) is 0 Å². The summed E-state index contributed by atoms with van der Waals surface area (Å²) < 4.78 is 68.9. The van der Waals surface area contributed by atoms with E-state index in [-0.39, 0.29) is 17.4 Å². The first-order valence-electron chi connectivity index (χ1n) is 11.9. The molecule has 4 atom stereocenters. The lowest BCUT2D eigenvalue weighted by molar-refractivity contribution is -0.193. The number of pyridine rings is 1. The molecule has 0 aromatic carbocycles. The molecule has 3 saturated heterocycles. The highest BCUT2D eigenvalue weighted by Crippen LogP contribution is 2.52. The third-order valence-electron chi connectivity index (χ3n) is 7.26. The molecule has 1 saturated carbocycles. The fourth-order valence-corrected chi connectivity index (χ4v) is 5.01. The number of fused-ring (bicyclic) bond motifs is 1. The quantitative estimate of drug-likeness (QED) is 0.495. The Hall–Kier alpha value is -3.47. The van der Waals surface area contributed by atoms with E-state index in [1.807, 2.05) is 29.0 Å². The van der Waals surface area contributed by atoms with E-state index in [4.69, 9.17) is 24.5 Å². The molecule has 1 spiro atoms. The Kier molecular flexibility index (Phi) is 8.98. The van der Waals surface area contributed by atoms with Gasteiger partial charge in [-0.05, 0) is 37.4 Å². The van der Waals surface area contributed by atoms with Gasteiger partial charge in [-0.15, -0.1) is 0 Å². The largest absolute Gasteiger partial charge is 0.490 e. The van der Waals surface area contributed by atoms with Crippen molar-refractivity contribution in [2.75, 3.05) is 51.3 Å². The van der Waals surface area contributed by atoms with Crippen LogP contribution in [0.25, 0.3) is 0 Å². The van der Waals surface area contributed by atoms with E-state index in [0.717, 1.165) is 31.9 Å². The van der Waals surface area contributed by atoms with E-state index in [1.54, 1.807) is 12.4 Å². The number of carbonyl (C=O) groups excluding carboxylic acids is 2. The maximum absolute atomic E-state index is 12.9. The number of aromatic nitrogens is 1. The molecule has 5 rings (SSSR count). The number of likely N-dealkylation sites (N-methyl/N-ethyl adjacent to an activating group) is 1. The first kappa shape index (κ1) is 31.1. The maximum atomic E-state index is 12.9. The number of hydrogen-bond acceptors (Lipinski definition) is 7. The van der Waals surface area contributed by atoms with Crippen LogP contribution in [-0.4, -0.2) is 113 Å². The summed E-state index contributed by atoms with van der Waals surface area (Å²) in [6.45, 7) is 3.93. The van der Waals surface area contributed by atoms with Gasteiger partial charge >= 0.3 is 24.3 Å². The van der Waals surface area contributed by atoms with Crippen molar-refractivity contribution in [2.45, 2.75) is 24.3 Å². The van der Waals surface area contributed by atoms with E-state index in [1.165, 1.54) is 0 Å². The molecule has 0 bridgehead atoms. The van der Waals surface area contributed by atoms with E-state index >= 15 is 0 Å². The zero-order valence-electron chi connectivity index (χ0n) is 21.0. The van der Waals surface area contributed by atoms with Crippen molar-refractivity contribution in [2.24, 2.45) is 17.8 Å². The molecule has 222 valence electrons. The fourth-order valence-electron chi connectivity index (χ4n) is 5.01. The molecule has 2 N–H and O–H groups in total. The zero-order chi connectivity index (χ0) is 30.0. The Morgan fingerprint density at radius 3 is 2.05 bits per heavy atom. The minimum Gasteiger partial charge on any atom is -0.475 e. The van der Waals surface area contributed by atoms with Crippen LogP contribution >= 0.6 is 0 Å². The summed E-state index contributed by atoms with van der Waals surface area (Å²) in [5.74, 6) is -4.08. The molecule has 4 heterocycles. The molecule has 2 amide bonds. The van der Waals surface area contributed by atoms with Gasteiger partial charge in [0.05, 0.1) is 37.2 Å². The molecule has 1 aliphatic carbocycles. The SMILES string of the molecule is CN1CC(=O)N(c2cccnc2)CC12CCN(C(=O)C1[C@H]3COC[C@@H]13)C2.O=C(O)C(F)(F)F.O=C(O)C(F)(F)F. The number of rotatable bonds is 2. The molecule has 1 aromatic rings. The van der Waals surface area contributed by atoms with Crippen molar-refractivity contribution in [1.29, 1.82) is 0 Å². The number of hydrogen-bond donors (Lipinski definition) is 2. The van der Waals surface area contributed by atoms with Gasteiger partial charge in [-0.3, -0.25) is 19.5 Å². The van der Waals surface area contributed by atoms with Crippen molar-refractivity contribution in [3.05, 3.63) is 24.5 Å². The predicted octanol–water partition coefficient (Wildman–Crippen LogP) is 1.49. The zero-order valence-corrected chi connectivity index (χ0v) is 21.0. The molecule has 17 heteroatoms. The monoisotopic (exact) mass is 584 g/mol. The lowest BCUT2D eigenvalue weighted by Crippen LogP contribution is -2.64. The second-order valence-corrected chi connectivity index (χ2v) is 9.78. The van der Waals surface area contributed by atoms with Gasteiger partial charge in [-0.25, -0.2) is 9.59 Å². The van der Waals surface area contributed by atoms with Crippen molar-refractivity contribution in [3.63, 3.8) is 0 Å². The van der Waals surface area contributed by atoms with E-state index in [9.17, 15) is 35.9 Å². The third-order valence-corrected chi connectivity index (χ3v) is 7.26. The van der Waals surface area contributed by atoms with Crippen LogP contribution in [0.2, 0.25) is 0 Å². The number of carboxylic acids is 2. The fraction of sp³-hybridized carbons (Fsp3) is 0.609. The number of carbonyl (C=O) groups is 4. The summed E-state index contributed by atoms with van der Waals surface area (Å²) in [4.78, 5) is 53.5. The normalized spacial score (nSPS) is 27.8. The number of ether oxygens (including phenoxy) is 1. The van der Waals surface area contributed by atoms with Gasteiger partial charge in [0.25, 0.3) is 0 Å². The number of aliphatic carboxylic acids is 2. The van der Waals surface area contributed by atoms with E-state index in [0.29, 0.717) is 37.4 Å². The van der Waals surface area contributed by atoms with Crippen LogP contribution in [-0.2, 0) is 23.9 Å². The minimum absolute atomic E-state index is 0.0878. The average Bonchev–Trinajstić information content (AvgIpc) is 3.18. The van der Waals surface area contributed by atoms with Crippen LogP contribution in [0.4, 0.5) is 32.0 Å². The predicted molar refractivity (Wildman–Crippen MR) is 122 cm³/mol. The van der Waals surface area contributed by atoms with Gasteiger partial charge in [0.15, 0.2) is 0 Å². The molecule has 2 unspecified atom stereocenters. The summed E-state index contributed by atoms with van der Waals surface area (Å²) in [6, 6.07) is 3.78. The van der Waals surface area contributed by atoms with Gasteiger partial charge in [0.2, 0.25) is 11.8 Å². The highest BCUT2D eigenvalue weighted by molar-refractivity contribution is 5.96. The smallest absolute Gasteiger partial charge is 0.475 e. The average molecular weight is 584 g/mol. The standard InChI is InChI=1S/C19H24N4O3.2C2HF3O2/c1-21-8-16(24)23(13-3-2-5-20-7-13)12-19(21)4-6-22(11-19)18(25)17-14-9-26-10-15(14)17;2*3-2(4,5)1(6)7/h2-3,5,7,14-15,17H,4,6,8-12H2,1H3;2*(H,6,7)/t14-,15+,17?,19?;;. The molecular formula is C23H26F6N4O7. The van der Waals surface area contributed by atoms with Crippen LogP contribution in [0.3, 0.4) is 0 Å². The van der Waals surface area contributed by atoms with E-state index in [2.05, 4.69) is 9.88 Å². The molecule has 1 aromatic heterocycles. The number of anilines is 1. The highest BCUT2D eigenvalue weighted by Gasteiger charge is 2.60. The molecule has 4 aliphatic rings.